The van der Waals surface area contributed by atoms with Crippen LogP contribution in [0.2, 0.25) is 51.4 Å². The zero-order valence-electron chi connectivity index (χ0n) is 21.9. The summed E-state index contributed by atoms with van der Waals surface area (Å²) in [7, 11) is -2.29. The van der Waals surface area contributed by atoms with Crippen LogP contribution in [-0.2, 0) is 9.47 Å². The summed E-state index contributed by atoms with van der Waals surface area (Å²) in [5, 5.41) is 4.66. The molecule has 3 rings (SSSR count). The van der Waals surface area contributed by atoms with Crippen LogP contribution < -0.4 is 10.6 Å². The van der Waals surface area contributed by atoms with Crippen molar-refractivity contribution in [1.82, 2.24) is 14.6 Å². The predicted molar refractivity (Wildman–Crippen MR) is 155 cm³/mol. The molecule has 0 saturated heterocycles. The lowest BCUT2D eigenvalue weighted by Crippen LogP contribution is -2.33. The largest absolute Gasteiger partial charge is 0.361 e. The van der Waals surface area contributed by atoms with Gasteiger partial charge in [-0.25, -0.2) is 4.98 Å². The Bertz CT molecular complexity index is 906. The van der Waals surface area contributed by atoms with Crippen LogP contribution in [0.4, 0.5) is 5.82 Å². The molecule has 2 heterocycles. The van der Waals surface area contributed by atoms with Crippen LogP contribution in [0.25, 0.3) is 5.65 Å². The third-order valence-electron chi connectivity index (χ3n) is 6.53. The van der Waals surface area contributed by atoms with Crippen molar-refractivity contribution in [2.75, 3.05) is 38.1 Å². The Kier molecular flexibility index (Phi) is 10.0. The summed E-state index contributed by atoms with van der Waals surface area (Å²) < 4.78 is 15.4. The minimum atomic E-state index is -1.15. The molecule has 2 aromatic rings. The van der Waals surface area contributed by atoms with Crippen LogP contribution in [0, 0.1) is 9.49 Å². The normalized spacial score (nSPS) is 19.3. The number of aromatic nitrogens is 3. The number of hydrogen-bond acceptors (Lipinski definition) is 6. The third-order valence-corrected chi connectivity index (χ3v) is 10.7. The lowest BCUT2D eigenvalue weighted by molar-refractivity contribution is 0.0942. The van der Waals surface area contributed by atoms with Crippen molar-refractivity contribution >= 4 is 50.2 Å². The standard InChI is InChI=1S/C24H44IN5O2Si2/c1-33(2,3)11-9-31-17-29(18-32-10-12-34(4,5)6)23-14-22(20-8-7-19(13-20)15-26)28-24-21(25)16-27-30(23)24/h14,16,19-20H,7-13,15,17-18,26H2,1-6H3. The lowest BCUT2D eigenvalue weighted by Gasteiger charge is -2.27. The minimum Gasteiger partial charge on any atom is -0.361 e. The Labute approximate surface area is 221 Å². The van der Waals surface area contributed by atoms with Gasteiger partial charge in [0.25, 0.3) is 0 Å². The molecule has 192 valence electrons. The van der Waals surface area contributed by atoms with Crippen LogP contribution >= 0.6 is 22.6 Å². The second kappa shape index (κ2) is 12.1. The van der Waals surface area contributed by atoms with Gasteiger partial charge in [0.1, 0.15) is 19.3 Å². The van der Waals surface area contributed by atoms with Gasteiger partial charge in [0, 0.05) is 47.0 Å². The van der Waals surface area contributed by atoms with Crippen molar-refractivity contribution < 1.29 is 9.47 Å². The fraction of sp³-hybridized carbons (Fsp3) is 0.750. The average molecular weight is 618 g/mol. The minimum absolute atomic E-state index is 0.450. The summed E-state index contributed by atoms with van der Waals surface area (Å²) in [6.07, 6.45) is 5.34. The molecule has 0 bridgehead atoms. The maximum absolute atomic E-state index is 6.19. The van der Waals surface area contributed by atoms with Gasteiger partial charge in [-0.15, -0.1) is 0 Å². The van der Waals surface area contributed by atoms with Crippen LogP contribution in [-0.4, -0.2) is 64.0 Å². The molecule has 1 aliphatic carbocycles. The fourth-order valence-electron chi connectivity index (χ4n) is 4.21. The van der Waals surface area contributed by atoms with Crippen molar-refractivity contribution in [3.05, 3.63) is 21.5 Å². The third kappa shape index (κ3) is 8.26. The van der Waals surface area contributed by atoms with E-state index >= 15 is 0 Å². The Morgan fingerprint density at radius 3 is 2.21 bits per heavy atom. The molecule has 1 saturated carbocycles. The Balaban J connectivity index is 1.84. The first kappa shape index (κ1) is 28.0. The van der Waals surface area contributed by atoms with Gasteiger partial charge >= 0.3 is 0 Å². The van der Waals surface area contributed by atoms with E-state index in [0.29, 0.717) is 25.3 Å². The van der Waals surface area contributed by atoms with E-state index in [2.05, 4.69) is 77.9 Å². The number of anilines is 1. The molecule has 0 radical (unpaired) electrons. The molecular formula is C24H44IN5O2Si2. The molecule has 0 spiro atoms. The van der Waals surface area contributed by atoms with E-state index in [0.717, 1.165) is 65.4 Å². The first-order chi connectivity index (χ1) is 16.0. The topological polar surface area (TPSA) is 77.9 Å². The van der Waals surface area contributed by atoms with Gasteiger partial charge < -0.3 is 20.1 Å². The summed E-state index contributed by atoms with van der Waals surface area (Å²) in [5.74, 6) is 2.05. The first-order valence-electron chi connectivity index (χ1n) is 12.6. The van der Waals surface area contributed by atoms with Crippen molar-refractivity contribution in [2.24, 2.45) is 11.7 Å². The molecule has 2 aromatic heterocycles. The van der Waals surface area contributed by atoms with E-state index in [1.807, 2.05) is 10.7 Å². The highest BCUT2D eigenvalue weighted by molar-refractivity contribution is 14.1. The quantitative estimate of drug-likeness (QED) is 0.136. The zero-order chi connectivity index (χ0) is 24.9. The Hall–Kier alpha value is -0.536. The molecule has 34 heavy (non-hydrogen) atoms. The average Bonchev–Trinajstić information content (AvgIpc) is 3.37. The van der Waals surface area contributed by atoms with Crippen molar-refractivity contribution in [1.29, 1.82) is 0 Å². The molecule has 2 atom stereocenters. The Morgan fingerprint density at radius 2 is 1.68 bits per heavy atom. The van der Waals surface area contributed by atoms with Gasteiger partial charge in [0.15, 0.2) is 5.65 Å². The highest BCUT2D eigenvalue weighted by atomic mass is 127. The second-order valence-corrected chi connectivity index (χ2v) is 24.5. The summed E-state index contributed by atoms with van der Waals surface area (Å²) in [5.41, 5.74) is 8.04. The molecule has 1 fully saturated rings. The van der Waals surface area contributed by atoms with Gasteiger partial charge in [-0.1, -0.05) is 39.3 Å². The van der Waals surface area contributed by atoms with Crippen LogP contribution in [0.3, 0.4) is 0 Å². The zero-order valence-corrected chi connectivity index (χ0v) is 26.1. The van der Waals surface area contributed by atoms with E-state index in [4.69, 9.17) is 20.2 Å². The molecule has 1 aliphatic rings. The van der Waals surface area contributed by atoms with Gasteiger partial charge in [0.05, 0.1) is 9.77 Å². The predicted octanol–water partition coefficient (Wildman–Crippen LogP) is 5.61. The van der Waals surface area contributed by atoms with Gasteiger partial charge in [-0.3, -0.25) is 0 Å². The van der Waals surface area contributed by atoms with Gasteiger partial charge in [-0.05, 0) is 66.4 Å². The molecule has 0 aromatic carbocycles. The number of ether oxygens (including phenoxy) is 2. The molecule has 0 aliphatic heterocycles. The number of hydrogen-bond donors (Lipinski definition) is 1. The number of fused-ring (bicyclic) bond motifs is 1. The van der Waals surface area contributed by atoms with Gasteiger partial charge in [0.2, 0.25) is 0 Å². The van der Waals surface area contributed by atoms with Gasteiger partial charge in [-0.2, -0.15) is 9.61 Å². The molecular weight excluding hydrogens is 573 g/mol. The highest BCUT2D eigenvalue weighted by Gasteiger charge is 2.28. The van der Waals surface area contributed by atoms with E-state index in [9.17, 15) is 0 Å². The SMILES string of the molecule is C[Si](C)(C)CCOCN(COCC[Si](C)(C)C)c1cc(C2CCC(CN)C2)nc2c(I)cnn12. The number of halogens is 1. The molecule has 2 N–H and O–H groups in total. The van der Waals surface area contributed by atoms with Crippen LogP contribution in [0.15, 0.2) is 12.3 Å². The monoisotopic (exact) mass is 617 g/mol. The maximum Gasteiger partial charge on any atom is 0.171 e. The van der Waals surface area contributed by atoms with Crippen molar-refractivity contribution in [2.45, 2.75) is 76.6 Å². The number of nitrogens with two attached hydrogens (primary N) is 1. The van der Waals surface area contributed by atoms with Crippen molar-refractivity contribution in [3.8, 4) is 0 Å². The molecule has 2 unspecified atom stereocenters. The Morgan fingerprint density at radius 1 is 1.06 bits per heavy atom. The van der Waals surface area contributed by atoms with E-state index in [-0.39, 0.29) is 0 Å². The smallest absolute Gasteiger partial charge is 0.171 e. The highest BCUT2D eigenvalue weighted by Crippen LogP contribution is 2.38. The lowest BCUT2D eigenvalue weighted by atomic mass is 10.0. The summed E-state index contributed by atoms with van der Waals surface area (Å²) >= 11 is 2.33. The summed E-state index contributed by atoms with van der Waals surface area (Å²) in [6, 6.07) is 4.51. The number of nitrogens with zero attached hydrogens (tertiary/aromatic N) is 4. The van der Waals surface area contributed by atoms with E-state index in [1.54, 1.807) is 0 Å². The maximum atomic E-state index is 6.19. The molecule has 0 amide bonds. The van der Waals surface area contributed by atoms with E-state index < -0.39 is 16.1 Å². The second-order valence-electron chi connectivity index (χ2n) is 12.1. The summed E-state index contributed by atoms with van der Waals surface area (Å²) in [6.45, 7) is 17.6. The molecule has 7 nitrogen and oxygen atoms in total. The first-order valence-corrected chi connectivity index (χ1v) is 21.1. The van der Waals surface area contributed by atoms with Crippen LogP contribution in [0.1, 0.15) is 30.9 Å². The van der Waals surface area contributed by atoms with E-state index in [1.165, 1.54) is 6.42 Å². The summed E-state index contributed by atoms with van der Waals surface area (Å²) in [4.78, 5) is 7.23. The van der Waals surface area contributed by atoms with Crippen molar-refractivity contribution in [3.63, 3.8) is 0 Å². The number of rotatable bonds is 13. The fourth-order valence-corrected chi connectivity index (χ4v) is 6.19. The van der Waals surface area contributed by atoms with Crippen LogP contribution in [0.5, 0.6) is 0 Å². The molecule has 10 heteroatoms.